The summed E-state index contributed by atoms with van der Waals surface area (Å²) < 4.78 is 13.3. The number of anilines is 1. The Hall–Kier alpha value is -1.09. The molecule has 1 aromatic rings. The first-order chi connectivity index (χ1) is 7.89. The lowest BCUT2D eigenvalue weighted by atomic mass is 10.0. The summed E-state index contributed by atoms with van der Waals surface area (Å²) in [6.45, 7) is 5.16. The van der Waals surface area contributed by atoms with Gasteiger partial charge in [0.05, 0.1) is 0 Å². The Morgan fingerprint density at radius 2 is 2.00 bits per heavy atom. The Morgan fingerprint density at radius 3 is 2.47 bits per heavy atom. The smallest absolute Gasteiger partial charge is 0.125 e. The lowest BCUT2D eigenvalue weighted by molar-refractivity contribution is 0.558. The van der Waals surface area contributed by atoms with Gasteiger partial charge in [-0.2, -0.15) is 0 Å². The molecule has 94 valence electrons. The molecular formula is C14H21FN2. The van der Waals surface area contributed by atoms with Gasteiger partial charge in [-0.3, -0.25) is 0 Å². The van der Waals surface area contributed by atoms with Gasteiger partial charge in [-0.25, -0.2) is 4.39 Å². The topological polar surface area (TPSA) is 29.3 Å². The molecule has 0 saturated heterocycles. The van der Waals surface area contributed by atoms with Gasteiger partial charge in [0.25, 0.3) is 0 Å². The standard InChI is InChI=1S/C14H21FN2/c1-14(2)11(8-16)13(14)10-6-5-9(15)7-12(10)17(3)4/h5-7,11,13H,8,16H2,1-4H3/t11-,13-/m1/s1. The van der Waals surface area contributed by atoms with Crippen LogP contribution in [0.15, 0.2) is 18.2 Å². The van der Waals surface area contributed by atoms with Crippen molar-refractivity contribution in [3.05, 3.63) is 29.6 Å². The van der Waals surface area contributed by atoms with E-state index < -0.39 is 0 Å². The molecule has 2 N–H and O–H groups in total. The molecule has 0 radical (unpaired) electrons. The van der Waals surface area contributed by atoms with Gasteiger partial charge in [0.1, 0.15) is 5.82 Å². The zero-order valence-corrected chi connectivity index (χ0v) is 11.0. The number of nitrogens with zero attached hydrogens (tertiary/aromatic N) is 1. The largest absolute Gasteiger partial charge is 0.377 e. The minimum Gasteiger partial charge on any atom is -0.377 e. The molecule has 1 aromatic carbocycles. The van der Waals surface area contributed by atoms with Crippen molar-refractivity contribution in [2.45, 2.75) is 19.8 Å². The molecule has 1 fully saturated rings. The lowest BCUT2D eigenvalue weighted by Crippen LogP contribution is -2.12. The lowest BCUT2D eigenvalue weighted by Gasteiger charge is -2.18. The zero-order chi connectivity index (χ0) is 12.8. The Kier molecular flexibility index (Phi) is 2.90. The Bertz CT molecular complexity index is 426. The molecule has 17 heavy (non-hydrogen) atoms. The predicted octanol–water partition coefficient (Wildman–Crippen LogP) is 2.59. The fourth-order valence-electron chi connectivity index (χ4n) is 2.97. The van der Waals surface area contributed by atoms with Crippen LogP contribution >= 0.6 is 0 Å². The molecule has 2 rings (SSSR count). The fraction of sp³-hybridized carbons (Fsp3) is 0.571. The highest BCUT2D eigenvalue weighted by Gasteiger charge is 2.57. The molecule has 0 aliphatic heterocycles. The molecule has 1 aliphatic rings. The molecule has 2 nitrogen and oxygen atoms in total. The van der Waals surface area contributed by atoms with Crippen LogP contribution < -0.4 is 10.6 Å². The maximum atomic E-state index is 13.3. The van der Waals surface area contributed by atoms with Crippen LogP contribution in [-0.4, -0.2) is 20.6 Å². The zero-order valence-electron chi connectivity index (χ0n) is 11.0. The molecule has 2 atom stereocenters. The Labute approximate surface area is 103 Å². The van der Waals surface area contributed by atoms with Gasteiger partial charge in [-0.15, -0.1) is 0 Å². The quantitative estimate of drug-likeness (QED) is 0.874. The van der Waals surface area contributed by atoms with Crippen molar-refractivity contribution < 1.29 is 4.39 Å². The van der Waals surface area contributed by atoms with Crippen molar-refractivity contribution in [3.63, 3.8) is 0 Å². The number of hydrogen-bond donors (Lipinski definition) is 1. The van der Waals surface area contributed by atoms with Crippen molar-refractivity contribution in [2.75, 3.05) is 25.5 Å². The second kappa shape index (κ2) is 3.98. The van der Waals surface area contributed by atoms with Crippen LogP contribution in [0.1, 0.15) is 25.3 Å². The van der Waals surface area contributed by atoms with Crippen molar-refractivity contribution in [2.24, 2.45) is 17.1 Å². The molecule has 0 bridgehead atoms. The van der Waals surface area contributed by atoms with Crippen molar-refractivity contribution in [3.8, 4) is 0 Å². The molecule has 0 amide bonds. The van der Waals surface area contributed by atoms with Crippen LogP contribution in [0, 0.1) is 17.2 Å². The molecule has 3 heteroatoms. The normalized spacial score (nSPS) is 25.8. The number of hydrogen-bond acceptors (Lipinski definition) is 2. The maximum Gasteiger partial charge on any atom is 0.125 e. The highest BCUT2D eigenvalue weighted by Crippen LogP contribution is 2.65. The fourth-order valence-corrected chi connectivity index (χ4v) is 2.97. The van der Waals surface area contributed by atoms with Crippen molar-refractivity contribution in [1.82, 2.24) is 0 Å². The number of nitrogens with two attached hydrogens (primary N) is 1. The molecule has 0 spiro atoms. The second-order valence-electron chi connectivity index (χ2n) is 5.74. The second-order valence-corrected chi connectivity index (χ2v) is 5.74. The summed E-state index contributed by atoms with van der Waals surface area (Å²) in [5.41, 5.74) is 8.23. The van der Waals surface area contributed by atoms with E-state index in [-0.39, 0.29) is 11.2 Å². The van der Waals surface area contributed by atoms with Crippen LogP contribution in [0.25, 0.3) is 0 Å². The van der Waals surface area contributed by atoms with Gasteiger partial charge in [-0.1, -0.05) is 19.9 Å². The summed E-state index contributed by atoms with van der Waals surface area (Å²) in [6.07, 6.45) is 0. The molecule has 0 heterocycles. The van der Waals surface area contributed by atoms with Gasteiger partial charge < -0.3 is 10.6 Å². The summed E-state index contributed by atoms with van der Waals surface area (Å²) >= 11 is 0. The van der Waals surface area contributed by atoms with E-state index in [4.69, 9.17) is 5.73 Å². The molecule has 1 saturated carbocycles. The highest BCUT2D eigenvalue weighted by atomic mass is 19.1. The number of halogens is 1. The van der Waals surface area contributed by atoms with E-state index in [1.165, 1.54) is 5.56 Å². The minimum atomic E-state index is -0.180. The van der Waals surface area contributed by atoms with Crippen LogP contribution in [0.5, 0.6) is 0 Å². The summed E-state index contributed by atoms with van der Waals surface area (Å²) in [5.74, 6) is 0.775. The summed E-state index contributed by atoms with van der Waals surface area (Å²) in [5, 5.41) is 0. The van der Waals surface area contributed by atoms with E-state index in [0.29, 0.717) is 18.4 Å². The van der Waals surface area contributed by atoms with E-state index in [0.717, 1.165) is 5.69 Å². The summed E-state index contributed by atoms with van der Waals surface area (Å²) in [7, 11) is 3.90. The van der Waals surface area contributed by atoms with Crippen LogP contribution in [-0.2, 0) is 0 Å². The van der Waals surface area contributed by atoms with E-state index in [1.54, 1.807) is 12.1 Å². The number of rotatable bonds is 3. The summed E-state index contributed by atoms with van der Waals surface area (Å²) in [4.78, 5) is 1.97. The van der Waals surface area contributed by atoms with E-state index >= 15 is 0 Å². The Morgan fingerprint density at radius 1 is 1.35 bits per heavy atom. The highest BCUT2D eigenvalue weighted by molar-refractivity contribution is 5.57. The summed E-state index contributed by atoms with van der Waals surface area (Å²) in [6, 6.07) is 5.06. The predicted molar refractivity (Wildman–Crippen MR) is 69.8 cm³/mol. The molecular weight excluding hydrogens is 215 g/mol. The Balaban J connectivity index is 2.40. The van der Waals surface area contributed by atoms with Gasteiger partial charge in [-0.05, 0) is 41.5 Å². The average molecular weight is 236 g/mol. The first kappa shape index (κ1) is 12.4. The van der Waals surface area contributed by atoms with Gasteiger partial charge in [0.15, 0.2) is 0 Å². The van der Waals surface area contributed by atoms with Crippen molar-refractivity contribution in [1.29, 1.82) is 0 Å². The average Bonchev–Trinajstić information content (AvgIpc) is 2.80. The van der Waals surface area contributed by atoms with E-state index in [2.05, 4.69) is 13.8 Å². The first-order valence-corrected chi connectivity index (χ1v) is 6.06. The number of benzene rings is 1. The van der Waals surface area contributed by atoms with E-state index in [9.17, 15) is 4.39 Å². The monoisotopic (exact) mass is 236 g/mol. The third kappa shape index (κ3) is 1.93. The van der Waals surface area contributed by atoms with Crippen LogP contribution in [0.2, 0.25) is 0 Å². The third-order valence-corrected chi connectivity index (χ3v) is 4.11. The molecule has 0 aromatic heterocycles. The molecule has 0 unspecified atom stereocenters. The van der Waals surface area contributed by atoms with Crippen LogP contribution in [0.3, 0.4) is 0 Å². The van der Waals surface area contributed by atoms with E-state index in [1.807, 2.05) is 25.1 Å². The minimum absolute atomic E-state index is 0.180. The first-order valence-electron chi connectivity index (χ1n) is 6.06. The van der Waals surface area contributed by atoms with Gasteiger partial charge in [0, 0.05) is 19.8 Å². The maximum absolute atomic E-state index is 13.3. The van der Waals surface area contributed by atoms with Gasteiger partial charge in [0.2, 0.25) is 0 Å². The SMILES string of the molecule is CN(C)c1cc(F)ccc1[C@@H]1[C@@H](CN)C1(C)C. The molecule has 1 aliphatic carbocycles. The van der Waals surface area contributed by atoms with Crippen LogP contribution in [0.4, 0.5) is 10.1 Å². The van der Waals surface area contributed by atoms with Gasteiger partial charge >= 0.3 is 0 Å². The van der Waals surface area contributed by atoms with Crippen molar-refractivity contribution >= 4 is 5.69 Å². The third-order valence-electron chi connectivity index (χ3n) is 4.11.